The molecule has 8 aliphatic rings. The number of nitrogens with two attached hydrogens (primary N) is 1. The van der Waals surface area contributed by atoms with Crippen LogP contribution in [0, 0.1) is 11.8 Å². The van der Waals surface area contributed by atoms with Crippen molar-refractivity contribution in [1.29, 1.82) is 0 Å². The van der Waals surface area contributed by atoms with Crippen LogP contribution in [0.1, 0.15) is 120 Å². The maximum atomic E-state index is 13.6. The van der Waals surface area contributed by atoms with Crippen LogP contribution < -0.4 is 30.9 Å². The van der Waals surface area contributed by atoms with Crippen molar-refractivity contribution in [2.24, 2.45) is 17.6 Å². The normalized spacial score (nSPS) is 28.5. The number of nitrogens with one attached hydrogen (secondary N) is 2. The molecule has 4 saturated carbocycles. The maximum Gasteiger partial charge on any atom is 0.251 e. The lowest BCUT2D eigenvalue weighted by molar-refractivity contribution is -0.120. The first-order valence-electron chi connectivity index (χ1n) is 25.1. The molecule has 4 N–H and O–H groups in total. The van der Waals surface area contributed by atoms with Crippen LogP contribution in [-0.4, -0.2) is 157 Å². The Kier molecular flexibility index (Phi) is 14.1. The Labute approximate surface area is 377 Å². The molecule has 1 atom stereocenters. The van der Waals surface area contributed by atoms with E-state index in [0.29, 0.717) is 54.5 Å². The number of amides is 2. The Morgan fingerprint density at radius 2 is 1.41 bits per heavy atom. The van der Waals surface area contributed by atoms with E-state index in [4.69, 9.17) is 15.5 Å². The minimum atomic E-state index is -0.270. The number of rotatable bonds is 12. The molecule has 5 heterocycles. The molecule has 2 saturated heterocycles. The molecule has 63 heavy (non-hydrogen) atoms. The molecule has 1 aromatic heterocycles. The van der Waals surface area contributed by atoms with Crippen LogP contribution in [0.15, 0.2) is 18.3 Å². The molecule has 346 valence electrons. The number of carbonyl (C=O) groups is 2. The summed E-state index contributed by atoms with van der Waals surface area (Å²) in [5.41, 5.74) is 9.04. The van der Waals surface area contributed by atoms with E-state index >= 15 is 0 Å². The van der Waals surface area contributed by atoms with Crippen molar-refractivity contribution in [2.45, 2.75) is 147 Å². The largest absolute Gasteiger partial charge is 0.491 e. The van der Waals surface area contributed by atoms with Crippen molar-refractivity contribution in [3.8, 4) is 5.75 Å². The molecule has 1 aromatic carbocycles. The smallest absolute Gasteiger partial charge is 0.251 e. The monoisotopic (exact) mass is 868 g/mol. The van der Waals surface area contributed by atoms with Crippen molar-refractivity contribution in [1.82, 2.24) is 34.9 Å². The highest BCUT2D eigenvalue weighted by molar-refractivity contribution is 6.04. The van der Waals surface area contributed by atoms with Gasteiger partial charge in [0, 0.05) is 120 Å². The van der Waals surface area contributed by atoms with Crippen LogP contribution in [0.5, 0.6) is 5.75 Å². The number of ether oxygens (including phenoxy) is 1. The van der Waals surface area contributed by atoms with Crippen LogP contribution in [0.3, 0.4) is 0 Å². The van der Waals surface area contributed by atoms with E-state index in [1.807, 2.05) is 19.1 Å². The first-order valence-corrected chi connectivity index (χ1v) is 25.1. The zero-order valence-electron chi connectivity index (χ0n) is 38.9. The van der Waals surface area contributed by atoms with Crippen molar-refractivity contribution in [3.05, 3.63) is 29.5 Å². The Morgan fingerprint density at radius 3 is 1.97 bits per heavy atom. The summed E-state index contributed by atoms with van der Waals surface area (Å²) in [4.78, 5) is 50.5. The molecule has 4 aliphatic heterocycles. The van der Waals surface area contributed by atoms with Gasteiger partial charge in [0.15, 0.2) is 5.82 Å². The van der Waals surface area contributed by atoms with Gasteiger partial charge in [-0.05, 0) is 121 Å². The maximum absolute atomic E-state index is 13.6. The number of piperazine rings is 2. The third-order valence-electron chi connectivity index (χ3n) is 15.6. The minimum Gasteiger partial charge on any atom is -0.491 e. The Morgan fingerprint density at radius 1 is 0.825 bits per heavy atom. The van der Waals surface area contributed by atoms with Crippen molar-refractivity contribution in [3.63, 3.8) is 0 Å². The van der Waals surface area contributed by atoms with Gasteiger partial charge in [0.05, 0.1) is 18.5 Å². The summed E-state index contributed by atoms with van der Waals surface area (Å²) < 4.78 is 6.06. The predicted molar refractivity (Wildman–Crippen MR) is 251 cm³/mol. The van der Waals surface area contributed by atoms with Crippen LogP contribution in [-0.2, 0) is 11.2 Å². The first-order chi connectivity index (χ1) is 30.6. The Bertz CT molecular complexity index is 1870. The highest BCUT2D eigenvalue weighted by atomic mass is 16.5. The van der Waals surface area contributed by atoms with Gasteiger partial charge < -0.3 is 40.7 Å². The van der Waals surface area contributed by atoms with Gasteiger partial charge in [-0.3, -0.25) is 19.4 Å². The number of anilines is 4. The predicted octanol–water partition coefficient (Wildman–Crippen LogP) is 5.48. The zero-order valence-corrected chi connectivity index (χ0v) is 38.9. The molecule has 0 bridgehead atoms. The summed E-state index contributed by atoms with van der Waals surface area (Å²) in [7, 11) is 1.78. The minimum absolute atomic E-state index is 0.0126. The van der Waals surface area contributed by atoms with Gasteiger partial charge in [-0.15, -0.1) is 0 Å². The molecule has 2 aromatic rings. The van der Waals surface area contributed by atoms with Crippen molar-refractivity contribution >= 4 is 35.0 Å². The highest BCUT2D eigenvalue weighted by Crippen LogP contribution is 2.40. The number of carbonyl (C=O) groups excluding carboxylic acids is 2. The molecule has 10 rings (SSSR count). The van der Waals surface area contributed by atoms with Gasteiger partial charge in [-0.25, -0.2) is 4.98 Å². The van der Waals surface area contributed by atoms with Gasteiger partial charge in [-0.2, -0.15) is 4.98 Å². The average Bonchev–Trinajstić information content (AvgIpc) is 4.24. The zero-order chi connectivity index (χ0) is 43.6. The summed E-state index contributed by atoms with van der Waals surface area (Å²) in [6.45, 7) is 19.4. The molecule has 0 spiro atoms. The van der Waals surface area contributed by atoms with Gasteiger partial charge in [0.2, 0.25) is 11.9 Å². The van der Waals surface area contributed by atoms with Crippen LogP contribution in [0.2, 0.25) is 0 Å². The molecule has 6 fully saturated rings. The number of hydrogen-bond donors (Lipinski definition) is 3. The quantitative estimate of drug-likeness (QED) is 0.249. The third kappa shape index (κ3) is 10.6. The molecular weight excluding hydrogens is 791 g/mol. The van der Waals surface area contributed by atoms with E-state index in [0.717, 1.165) is 60.6 Å². The lowest BCUT2D eigenvalue weighted by Crippen LogP contribution is -2.54. The van der Waals surface area contributed by atoms with Gasteiger partial charge >= 0.3 is 0 Å². The SMILES string of the molecule is CC[C@H]1C(=O)N(C)c2cnc(Nc3ccc(C(=O)NC4CCC(N5CCN(CC6CC6)CC5)CC4)c4c3OCC4)nc2N1C(C)C.NC1CCC(N2CCN(CC3CC3)CC2)CC1. The number of hydrogen-bond acceptors (Lipinski definition) is 12. The first kappa shape index (κ1) is 44.6. The summed E-state index contributed by atoms with van der Waals surface area (Å²) in [6.07, 6.45) is 18.4. The fourth-order valence-electron chi connectivity index (χ4n) is 11.4. The molecule has 14 heteroatoms. The number of likely N-dealkylation sites (N-methyl/N-ethyl adjacent to an activating group) is 1. The van der Waals surface area contributed by atoms with E-state index in [1.54, 1.807) is 18.1 Å². The molecular formula is C49H77N11O3. The molecule has 14 nitrogen and oxygen atoms in total. The van der Waals surface area contributed by atoms with Crippen LogP contribution in [0.25, 0.3) is 0 Å². The fourth-order valence-corrected chi connectivity index (χ4v) is 11.4. The molecule has 0 radical (unpaired) electrons. The lowest BCUT2D eigenvalue weighted by atomic mass is 9.89. The summed E-state index contributed by atoms with van der Waals surface area (Å²) in [6, 6.07) is 5.81. The number of aromatic nitrogens is 2. The van der Waals surface area contributed by atoms with Crippen LogP contribution >= 0.6 is 0 Å². The van der Waals surface area contributed by atoms with Crippen molar-refractivity contribution in [2.75, 3.05) is 94.2 Å². The van der Waals surface area contributed by atoms with E-state index < -0.39 is 0 Å². The second-order valence-electron chi connectivity index (χ2n) is 20.5. The summed E-state index contributed by atoms with van der Waals surface area (Å²) >= 11 is 0. The fraction of sp³-hybridized carbons (Fsp3) is 0.755. The van der Waals surface area contributed by atoms with Crippen LogP contribution in [0.4, 0.5) is 23.1 Å². The Balaban J connectivity index is 0.000000247. The van der Waals surface area contributed by atoms with Gasteiger partial charge in [-0.1, -0.05) is 6.92 Å². The molecule has 2 amide bonds. The van der Waals surface area contributed by atoms with Gasteiger partial charge in [0.1, 0.15) is 17.5 Å². The van der Waals surface area contributed by atoms with E-state index in [1.165, 1.54) is 117 Å². The lowest BCUT2D eigenvalue weighted by Gasteiger charge is -2.42. The second-order valence-corrected chi connectivity index (χ2v) is 20.5. The topological polar surface area (TPSA) is 139 Å². The molecule has 4 aliphatic carbocycles. The number of nitrogens with zero attached hydrogens (tertiary/aromatic N) is 8. The standard InChI is InChI=1S/C35H50N8O3.C14H27N3/c1-5-29-34(45)40(4)30-20-36-35(39-32(30)43(29)22(2)3)38-28-13-12-27(26-14-19-46-31(26)28)33(44)37-24-8-10-25(11-9-24)42-17-15-41(16-18-42)21-23-6-7-23;15-13-3-5-14(6-4-13)17-9-7-16(8-10-17)11-12-1-2-12/h12-13,20,22-25,29H,5-11,14-19,21H2,1-4H3,(H,37,44)(H,36,38,39);12-14H,1-11,15H2/t24?,25?,29-;/m0./s1. The number of fused-ring (bicyclic) bond motifs is 2. The second kappa shape index (κ2) is 19.9. The summed E-state index contributed by atoms with van der Waals surface area (Å²) in [5.74, 6) is 3.92. The van der Waals surface area contributed by atoms with E-state index in [9.17, 15) is 9.59 Å². The number of benzene rings is 1. The summed E-state index contributed by atoms with van der Waals surface area (Å²) in [5, 5.41) is 6.71. The third-order valence-corrected chi connectivity index (χ3v) is 15.6. The van der Waals surface area contributed by atoms with Crippen molar-refractivity contribution < 1.29 is 14.3 Å². The Hall–Kier alpha value is -3.56. The van der Waals surface area contributed by atoms with Gasteiger partial charge in [0.25, 0.3) is 5.91 Å². The molecule has 0 unspecified atom stereocenters. The highest BCUT2D eigenvalue weighted by Gasteiger charge is 2.39. The average molecular weight is 868 g/mol. The van der Waals surface area contributed by atoms with E-state index in [-0.39, 0.29) is 29.9 Å². The van der Waals surface area contributed by atoms with E-state index in [2.05, 4.69) is 54.0 Å².